The average molecular weight is 284 g/mol. The highest BCUT2D eigenvalue weighted by molar-refractivity contribution is 6.05. The topological polar surface area (TPSA) is 62.2 Å². The van der Waals surface area contributed by atoms with Gasteiger partial charge in [0.1, 0.15) is 5.82 Å². The summed E-state index contributed by atoms with van der Waals surface area (Å²) < 4.78 is 13.3. The summed E-state index contributed by atoms with van der Waals surface area (Å²) in [6.07, 6.45) is 3.38. The number of anilines is 1. The van der Waals surface area contributed by atoms with Crippen molar-refractivity contribution < 1.29 is 14.3 Å². The first-order valence-electron chi connectivity index (χ1n) is 6.31. The number of nitrogens with one attached hydrogen (secondary N) is 1. The number of nitrogens with zero attached hydrogens (tertiary/aromatic N) is 1. The third-order valence-corrected chi connectivity index (χ3v) is 2.62. The van der Waals surface area contributed by atoms with Gasteiger partial charge in [-0.1, -0.05) is 11.8 Å². The smallest absolute Gasteiger partial charge is 0.256 e. The highest BCUT2D eigenvalue weighted by atomic mass is 19.1. The molecule has 1 aromatic heterocycles. The van der Waals surface area contributed by atoms with E-state index in [-0.39, 0.29) is 30.1 Å². The summed E-state index contributed by atoms with van der Waals surface area (Å²) in [6, 6.07) is 7.09. The molecule has 1 amide bonds. The SMILES string of the molecule is O=C(Nc1ccncc1)c1ccc(F)cc1C#CCCO. The zero-order valence-electron chi connectivity index (χ0n) is 11.1. The molecule has 106 valence electrons. The molecule has 0 radical (unpaired) electrons. The first kappa shape index (κ1) is 14.7. The minimum atomic E-state index is -0.469. The average Bonchev–Trinajstić information content (AvgIpc) is 2.48. The minimum absolute atomic E-state index is 0.0825. The van der Waals surface area contributed by atoms with E-state index in [1.165, 1.54) is 18.2 Å². The molecule has 1 aromatic carbocycles. The summed E-state index contributed by atoms with van der Waals surface area (Å²) in [5.74, 6) is 4.53. The molecule has 21 heavy (non-hydrogen) atoms. The van der Waals surface area contributed by atoms with Gasteiger partial charge in [-0.05, 0) is 30.3 Å². The number of benzene rings is 1. The molecule has 2 rings (SSSR count). The molecule has 1 heterocycles. The van der Waals surface area contributed by atoms with Gasteiger partial charge in [0.15, 0.2) is 0 Å². The molecule has 0 saturated heterocycles. The molecule has 5 heteroatoms. The monoisotopic (exact) mass is 284 g/mol. The van der Waals surface area contributed by atoms with Crippen LogP contribution < -0.4 is 5.32 Å². The zero-order chi connectivity index (χ0) is 15.1. The van der Waals surface area contributed by atoms with Crippen LogP contribution in [-0.4, -0.2) is 22.6 Å². The van der Waals surface area contributed by atoms with Crippen LogP contribution in [0.2, 0.25) is 0 Å². The number of aliphatic hydroxyl groups excluding tert-OH is 1. The minimum Gasteiger partial charge on any atom is -0.395 e. The van der Waals surface area contributed by atoms with E-state index in [1.807, 2.05) is 0 Å². The quantitative estimate of drug-likeness (QED) is 0.849. The zero-order valence-corrected chi connectivity index (χ0v) is 11.1. The lowest BCUT2D eigenvalue weighted by Gasteiger charge is -2.07. The molecule has 0 unspecified atom stereocenters. The fourth-order valence-electron chi connectivity index (χ4n) is 1.67. The van der Waals surface area contributed by atoms with Crippen molar-refractivity contribution in [2.24, 2.45) is 0 Å². The van der Waals surface area contributed by atoms with Crippen molar-refractivity contribution in [3.8, 4) is 11.8 Å². The first-order valence-corrected chi connectivity index (χ1v) is 6.31. The lowest BCUT2D eigenvalue weighted by atomic mass is 10.1. The van der Waals surface area contributed by atoms with E-state index in [0.717, 1.165) is 0 Å². The maximum Gasteiger partial charge on any atom is 0.256 e. The van der Waals surface area contributed by atoms with Crippen LogP contribution in [0.5, 0.6) is 0 Å². The number of carbonyl (C=O) groups excluding carboxylic acids is 1. The molecule has 0 aliphatic heterocycles. The van der Waals surface area contributed by atoms with Gasteiger partial charge in [0, 0.05) is 30.1 Å². The number of aliphatic hydroxyl groups is 1. The highest BCUT2D eigenvalue weighted by Crippen LogP contribution is 2.13. The first-order chi connectivity index (χ1) is 10.2. The summed E-state index contributed by atoms with van der Waals surface area (Å²) in [5, 5.41) is 11.4. The molecular weight excluding hydrogens is 271 g/mol. The Morgan fingerprint density at radius 3 is 2.76 bits per heavy atom. The predicted molar refractivity (Wildman–Crippen MR) is 77.2 cm³/mol. The normalized spacial score (nSPS) is 9.62. The molecule has 0 aliphatic rings. The van der Waals surface area contributed by atoms with Crippen molar-refractivity contribution in [3.05, 3.63) is 59.7 Å². The molecule has 0 bridgehead atoms. The lowest BCUT2D eigenvalue weighted by Crippen LogP contribution is -2.13. The molecule has 4 nitrogen and oxygen atoms in total. The summed E-state index contributed by atoms with van der Waals surface area (Å²) in [4.78, 5) is 16.1. The Kier molecular flexibility index (Phi) is 5.02. The van der Waals surface area contributed by atoms with Gasteiger partial charge in [-0.2, -0.15) is 0 Å². The Bertz CT molecular complexity index is 690. The van der Waals surface area contributed by atoms with Crippen molar-refractivity contribution in [1.82, 2.24) is 4.98 Å². The third kappa shape index (κ3) is 4.13. The molecule has 0 fully saturated rings. The number of carbonyl (C=O) groups is 1. The number of aromatic nitrogens is 1. The Morgan fingerprint density at radius 1 is 1.29 bits per heavy atom. The summed E-state index contributed by atoms with van der Waals surface area (Å²) in [6.45, 7) is -0.0825. The number of pyridine rings is 1. The van der Waals surface area contributed by atoms with E-state index < -0.39 is 5.82 Å². The number of hydrogen-bond acceptors (Lipinski definition) is 3. The number of hydrogen-bond donors (Lipinski definition) is 2. The van der Waals surface area contributed by atoms with Crippen LogP contribution in [-0.2, 0) is 0 Å². The van der Waals surface area contributed by atoms with E-state index in [0.29, 0.717) is 5.69 Å². The van der Waals surface area contributed by atoms with Gasteiger partial charge in [0.25, 0.3) is 5.91 Å². The Balaban J connectivity index is 2.26. The predicted octanol–water partition coefficient (Wildman–Crippen LogP) is 2.21. The molecule has 0 aliphatic carbocycles. The van der Waals surface area contributed by atoms with Gasteiger partial charge in [-0.15, -0.1) is 0 Å². The number of rotatable bonds is 3. The van der Waals surface area contributed by atoms with Gasteiger partial charge < -0.3 is 10.4 Å². The van der Waals surface area contributed by atoms with E-state index in [2.05, 4.69) is 22.1 Å². The second-order valence-corrected chi connectivity index (χ2v) is 4.16. The summed E-state index contributed by atoms with van der Waals surface area (Å²) in [5.41, 5.74) is 1.15. The summed E-state index contributed by atoms with van der Waals surface area (Å²) >= 11 is 0. The van der Waals surface area contributed by atoms with Gasteiger partial charge in [-0.3, -0.25) is 9.78 Å². The molecule has 0 saturated carbocycles. The van der Waals surface area contributed by atoms with Crippen LogP contribution in [0.15, 0.2) is 42.7 Å². The van der Waals surface area contributed by atoms with Crippen molar-refractivity contribution >= 4 is 11.6 Å². The standard InChI is InChI=1S/C16H13FN2O2/c17-13-4-5-15(12(11-13)3-1-2-10-20)16(21)19-14-6-8-18-9-7-14/h4-9,11,20H,2,10H2,(H,18,19,21). The van der Waals surface area contributed by atoms with Crippen LogP contribution in [0, 0.1) is 17.7 Å². The van der Waals surface area contributed by atoms with Crippen LogP contribution in [0.3, 0.4) is 0 Å². The van der Waals surface area contributed by atoms with Crippen LogP contribution in [0.25, 0.3) is 0 Å². The maximum atomic E-state index is 13.3. The second-order valence-electron chi connectivity index (χ2n) is 4.16. The second kappa shape index (κ2) is 7.17. The van der Waals surface area contributed by atoms with Crippen molar-refractivity contribution in [1.29, 1.82) is 0 Å². The fourth-order valence-corrected chi connectivity index (χ4v) is 1.67. The highest BCUT2D eigenvalue weighted by Gasteiger charge is 2.11. The van der Waals surface area contributed by atoms with Crippen molar-refractivity contribution in [2.75, 3.05) is 11.9 Å². The molecule has 0 spiro atoms. The third-order valence-electron chi connectivity index (χ3n) is 2.62. The largest absolute Gasteiger partial charge is 0.395 e. The summed E-state index contributed by atoms with van der Waals surface area (Å²) in [7, 11) is 0. The van der Waals surface area contributed by atoms with E-state index in [9.17, 15) is 9.18 Å². The van der Waals surface area contributed by atoms with Crippen LogP contribution >= 0.6 is 0 Å². The Labute approximate surface area is 121 Å². The van der Waals surface area contributed by atoms with Gasteiger partial charge in [-0.25, -0.2) is 4.39 Å². The lowest BCUT2D eigenvalue weighted by molar-refractivity contribution is 0.102. The molecular formula is C16H13FN2O2. The van der Waals surface area contributed by atoms with Gasteiger partial charge >= 0.3 is 0 Å². The Morgan fingerprint density at radius 2 is 2.05 bits per heavy atom. The van der Waals surface area contributed by atoms with E-state index >= 15 is 0 Å². The Hall–Kier alpha value is -2.71. The van der Waals surface area contributed by atoms with Crippen molar-refractivity contribution in [3.63, 3.8) is 0 Å². The molecule has 2 aromatic rings. The van der Waals surface area contributed by atoms with Crippen LogP contribution in [0.1, 0.15) is 22.3 Å². The number of amides is 1. The van der Waals surface area contributed by atoms with Crippen LogP contribution in [0.4, 0.5) is 10.1 Å². The van der Waals surface area contributed by atoms with E-state index in [1.54, 1.807) is 24.5 Å². The molecule has 0 atom stereocenters. The van der Waals surface area contributed by atoms with E-state index in [4.69, 9.17) is 5.11 Å². The fraction of sp³-hybridized carbons (Fsp3) is 0.125. The maximum absolute atomic E-state index is 13.3. The number of halogens is 1. The van der Waals surface area contributed by atoms with Gasteiger partial charge in [0.05, 0.1) is 12.2 Å². The molecule has 2 N–H and O–H groups in total. The van der Waals surface area contributed by atoms with Crippen molar-refractivity contribution in [2.45, 2.75) is 6.42 Å². The van der Waals surface area contributed by atoms with Gasteiger partial charge in [0.2, 0.25) is 0 Å².